The van der Waals surface area contributed by atoms with Crippen LogP contribution in [0.4, 0.5) is 11.4 Å². The minimum absolute atomic E-state index is 0.0966. The molecule has 0 unspecified atom stereocenters. The van der Waals surface area contributed by atoms with Crippen LogP contribution in [0.25, 0.3) is 0 Å². The van der Waals surface area contributed by atoms with E-state index in [-0.39, 0.29) is 5.12 Å². The number of benzene rings is 2. The van der Waals surface area contributed by atoms with Crippen LogP contribution in [-0.2, 0) is 0 Å². The van der Waals surface area contributed by atoms with E-state index < -0.39 is 0 Å². The summed E-state index contributed by atoms with van der Waals surface area (Å²) < 4.78 is 0. The van der Waals surface area contributed by atoms with Gasteiger partial charge >= 0.3 is 0 Å². The van der Waals surface area contributed by atoms with Crippen molar-refractivity contribution in [1.82, 2.24) is 0 Å². The second kappa shape index (κ2) is 4.71. The molecule has 0 spiro atoms. The second-order valence-electron chi connectivity index (χ2n) is 3.89. The minimum Gasteiger partial charge on any atom is -0.353 e. The number of hydrogen-bond donors (Lipinski definition) is 1. The number of anilines is 2. The molecule has 0 saturated heterocycles. The molecule has 1 heterocycles. The normalized spacial score (nSPS) is 12.3. The summed E-state index contributed by atoms with van der Waals surface area (Å²) >= 11 is 2.94. The van der Waals surface area contributed by atoms with Crippen LogP contribution in [-0.4, -0.2) is 11.4 Å². The minimum atomic E-state index is 0.0966. The van der Waals surface area contributed by atoms with Crippen LogP contribution in [0.1, 0.15) is 10.4 Å². The molecule has 90 valence electrons. The highest BCUT2D eigenvalue weighted by Crippen LogP contribution is 2.45. The predicted octanol–water partition coefficient (Wildman–Crippen LogP) is 4.40. The van der Waals surface area contributed by atoms with Crippen molar-refractivity contribution in [2.24, 2.45) is 0 Å². The summed E-state index contributed by atoms with van der Waals surface area (Å²) in [6, 6.07) is 14.0. The molecule has 0 saturated carbocycles. The molecule has 1 N–H and O–H groups in total. The fraction of sp³-hybridized carbons (Fsp3) is 0.0714. The summed E-state index contributed by atoms with van der Waals surface area (Å²) in [5, 5.41) is 3.47. The summed E-state index contributed by atoms with van der Waals surface area (Å²) in [5.41, 5.74) is 2.75. The maximum absolute atomic E-state index is 11.9. The molecular weight excluding hydrogens is 262 g/mol. The number of rotatable bonds is 1. The van der Waals surface area contributed by atoms with Crippen LogP contribution in [0.15, 0.2) is 52.3 Å². The summed E-state index contributed by atoms with van der Waals surface area (Å²) in [6.07, 6.45) is 1.81. The molecule has 2 aromatic carbocycles. The average Bonchev–Trinajstić information content (AvgIpc) is 2.43. The first-order valence-corrected chi connectivity index (χ1v) is 7.59. The van der Waals surface area contributed by atoms with Gasteiger partial charge in [-0.3, -0.25) is 4.79 Å². The SMILES string of the molecule is CSC(=O)c1cccc2c1Nc1ccccc1S2. The second-order valence-corrected chi connectivity index (χ2v) is 5.76. The molecule has 2 aromatic rings. The van der Waals surface area contributed by atoms with E-state index in [4.69, 9.17) is 0 Å². The standard InChI is InChI=1S/C14H11NOS2/c1-17-14(16)9-5-4-8-12-13(9)15-10-6-2-3-7-11(10)18-12/h2-8,15H,1H3. The smallest absolute Gasteiger partial charge is 0.221 e. The van der Waals surface area contributed by atoms with E-state index in [0.717, 1.165) is 21.8 Å². The topological polar surface area (TPSA) is 29.1 Å². The van der Waals surface area contributed by atoms with Crippen molar-refractivity contribution in [1.29, 1.82) is 0 Å². The van der Waals surface area contributed by atoms with E-state index in [1.807, 2.05) is 42.7 Å². The zero-order valence-corrected chi connectivity index (χ0v) is 11.4. The third-order valence-electron chi connectivity index (χ3n) is 2.80. The molecule has 18 heavy (non-hydrogen) atoms. The van der Waals surface area contributed by atoms with E-state index in [1.165, 1.54) is 16.7 Å². The van der Waals surface area contributed by atoms with Gasteiger partial charge in [-0.2, -0.15) is 0 Å². The number of carbonyl (C=O) groups excluding carboxylic acids is 1. The van der Waals surface area contributed by atoms with E-state index in [1.54, 1.807) is 11.8 Å². The lowest BCUT2D eigenvalue weighted by Crippen LogP contribution is -2.05. The van der Waals surface area contributed by atoms with Crippen molar-refractivity contribution >= 4 is 40.0 Å². The number of hydrogen-bond acceptors (Lipinski definition) is 4. The van der Waals surface area contributed by atoms with Crippen LogP contribution < -0.4 is 5.32 Å². The lowest BCUT2D eigenvalue weighted by atomic mass is 10.1. The highest BCUT2D eigenvalue weighted by atomic mass is 32.2. The van der Waals surface area contributed by atoms with E-state index in [0.29, 0.717) is 0 Å². The Hall–Kier alpha value is -1.39. The van der Waals surface area contributed by atoms with Gasteiger partial charge in [-0.15, -0.1) is 0 Å². The van der Waals surface area contributed by atoms with Gasteiger partial charge in [-0.25, -0.2) is 0 Å². The quantitative estimate of drug-likeness (QED) is 0.711. The summed E-state index contributed by atoms with van der Waals surface area (Å²) in [4.78, 5) is 14.2. The number of nitrogens with one attached hydrogen (secondary N) is 1. The van der Waals surface area contributed by atoms with Crippen LogP contribution >= 0.6 is 23.5 Å². The van der Waals surface area contributed by atoms with Crippen LogP contribution in [0.2, 0.25) is 0 Å². The summed E-state index contributed by atoms with van der Waals surface area (Å²) in [5.74, 6) is 0. The Morgan fingerprint density at radius 2 is 1.89 bits per heavy atom. The fourth-order valence-corrected chi connectivity index (χ4v) is 3.35. The largest absolute Gasteiger partial charge is 0.353 e. The average molecular weight is 273 g/mol. The van der Waals surface area contributed by atoms with Gasteiger partial charge in [0.2, 0.25) is 5.12 Å². The Balaban J connectivity index is 2.10. The van der Waals surface area contributed by atoms with Gasteiger partial charge in [-0.1, -0.05) is 41.7 Å². The predicted molar refractivity (Wildman–Crippen MR) is 78.1 cm³/mol. The van der Waals surface area contributed by atoms with Crippen LogP contribution in [0.3, 0.4) is 0 Å². The first-order valence-electron chi connectivity index (χ1n) is 5.55. The fourth-order valence-electron chi connectivity index (χ4n) is 1.94. The van der Waals surface area contributed by atoms with Gasteiger partial charge in [-0.05, 0) is 30.5 Å². The van der Waals surface area contributed by atoms with Gasteiger partial charge in [0.1, 0.15) is 0 Å². The number of para-hydroxylation sites is 2. The molecule has 4 heteroatoms. The Labute approximate surface area is 114 Å². The number of carbonyl (C=O) groups is 1. The maximum Gasteiger partial charge on any atom is 0.221 e. The van der Waals surface area contributed by atoms with Gasteiger partial charge in [0, 0.05) is 9.79 Å². The Kier molecular flexibility index (Phi) is 3.06. The third kappa shape index (κ3) is 1.91. The monoisotopic (exact) mass is 273 g/mol. The molecule has 0 radical (unpaired) electrons. The Morgan fingerprint density at radius 1 is 1.11 bits per heavy atom. The van der Waals surface area contributed by atoms with Gasteiger partial charge < -0.3 is 5.32 Å². The van der Waals surface area contributed by atoms with Crippen molar-refractivity contribution in [2.75, 3.05) is 11.6 Å². The van der Waals surface area contributed by atoms with E-state index in [9.17, 15) is 4.79 Å². The lowest BCUT2D eigenvalue weighted by molar-refractivity contribution is 0.109. The molecule has 0 fully saturated rings. The molecule has 1 aliphatic heterocycles. The Bertz CT molecular complexity index is 625. The van der Waals surface area contributed by atoms with Crippen LogP contribution in [0.5, 0.6) is 0 Å². The molecule has 3 rings (SSSR count). The molecule has 1 aliphatic rings. The molecule has 0 bridgehead atoms. The molecule has 0 aliphatic carbocycles. The summed E-state index contributed by atoms with van der Waals surface area (Å²) in [7, 11) is 0. The van der Waals surface area contributed by atoms with Crippen LogP contribution in [0, 0.1) is 0 Å². The highest BCUT2D eigenvalue weighted by molar-refractivity contribution is 8.13. The zero-order chi connectivity index (χ0) is 12.5. The van der Waals surface area contributed by atoms with Crippen molar-refractivity contribution in [2.45, 2.75) is 9.79 Å². The van der Waals surface area contributed by atoms with Gasteiger partial charge in [0.05, 0.1) is 16.9 Å². The highest BCUT2D eigenvalue weighted by Gasteiger charge is 2.20. The zero-order valence-electron chi connectivity index (χ0n) is 9.77. The van der Waals surface area contributed by atoms with Gasteiger partial charge in [0.25, 0.3) is 0 Å². The molecule has 2 nitrogen and oxygen atoms in total. The molecule has 0 atom stereocenters. The van der Waals surface area contributed by atoms with Crippen molar-refractivity contribution < 1.29 is 4.79 Å². The molecule has 0 aromatic heterocycles. The Morgan fingerprint density at radius 3 is 2.72 bits per heavy atom. The maximum atomic E-state index is 11.9. The van der Waals surface area contributed by atoms with Crippen molar-refractivity contribution in [3.05, 3.63) is 48.0 Å². The van der Waals surface area contributed by atoms with Gasteiger partial charge in [0.15, 0.2) is 0 Å². The van der Waals surface area contributed by atoms with Crippen molar-refractivity contribution in [3.63, 3.8) is 0 Å². The van der Waals surface area contributed by atoms with E-state index in [2.05, 4.69) is 11.4 Å². The van der Waals surface area contributed by atoms with Crippen molar-refractivity contribution in [3.8, 4) is 0 Å². The summed E-state index contributed by atoms with van der Waals surface area (Å²) in [6.45, 7) is 0. The third-order valence-corrected chi connectivity index (χ3v) is 4.52. The number of thioether (sulfide) groups is 1. The first kappa shape index (κ1) is 11.7. The molecular formula is C14H11NOS2. The van der Waals surface area contributed by atoms with E-state index >= 15 is 0 Å². The first-order chi connectivity index (χ1) is 8.79. The lowest BCUT2D eigenvalue weighted by Gasteiger charge is -2.22. The molecule has 0 amide bonds. The number of fused-ring (bicyclic) bond motifs is 2.